The zero-order chi connectivity index (χ0) is 9.19. The molecular formula is C11H17N. The van der Waals surface area contributed by atoms with Crippen LogP contribution < -0.4 is 0 Å². The number of likely N-dealkylation sites (N-methyl/N-ethyl adjacent to an activating group) is 1. The van der Waals surface area contributed by atoms with E-state index >= 15 is 0 Å². The van der Waals surface area contributed by atoms with Crippen molar-refractivity contribution in [2.24, 2.45) is 0 Å². The Balaban J connectivity index is 2.51. The first-order valence-corrected chi connectivity index (χ1v) is 4.28. The van der Waals surface area contributed by atoms with Gasteiger partial charge in [-0.05, 0) is 20.9 Å². The van der Waals surface area contributed by atoms with Crippen LogP contribution in [0.1, 0.15) is 13.8 Å². The number of hydrogen-bond donors (Lipinski definition) is 0. The fourth-order valence-corrected chi connectivity index (χ4v) is 1.18. The third-order valence-electron chi connectivity index (χ3n) is 2.41. The highest BCUT2D eigenvalue weighted by atomic mass is 15.3. The standard InChI is InChI=1S/C11H17N/c1-5-6-10(2)7-8-11(3)9-12(11)4/h5-8H,1,9H2,2-4H3/b8-7-,10-6-. The molecular weight excluding hydrogens is 146 g/mol. The van der Waals surface area contributed by atoms with E-state index in [1.807, 2.05) is 12.2 Å². The summed E-state index contributed by atoms with van der Waals surface area (Å²) < 4.78 is 0. The summed E-state index contributed by atoms with van der Waals surface area (Å²) in [5.74, 6) is 0. The normalized spacial score (nSPS) is 35.6. The highest BCUT2D eigenvalue weighted by Gasteiger charge is 2.41. The third kappa shape index (κ3) is 2.08. The smallest absolute Gasteiger partial charge is 0.0491 e. The summed E-state index contributed by atoms with van der Waals surface area (Å²) in [4.78, 5) is 2.31. The lowest BCUT2D eigenvalue weighted by Crippen LogP contribution is -2.05. The second-order valence-electron chi connectivity index (χ2n) is 3.69. The molecule has 2 unspecified atom stereocenters. The van der Waals surface area contributed by atoms with Crippen molar-refractivity contribution in [2.45, 2.75) is 19.4 Å². The molecule has 0 spiro atoms. The maximum atomic E-state index is 3.65. The SMILES string of the molecule is C=C/C=C(C)\C=C/C1(C)CN1C. The molecule has 1 aliphatic rings. The van der Waals surface area contributed by atoms with Gasteiger partial charge in [0.15, 0.2) is 0 Å². The van der Waals surface area contributed by atoms with Crippen LogP contribution in [0.25, 0.3) is 0 Å². The maximum Gasteiger partial charge on any atom is 0.0491 e. The van der Waals surface area contributed by atoms with Gasteiger partial charge in [0.05, 0.1) is 0 Å². The minimum Gasteiger partial charge on any atom is -0.294 e. The molecule has 12 heavy (non-hydrogen) atoms. The van der Waals surface area contributed by atoms with Gasteiger partial charge in [-0.25, -0.2) is 0 Å². The van der Waals surface area contributed by atoms with E-state index in [0.29, 0.717) is 5.54 Å². The Bertz CT molecular complexity index is 237. The molecule has 1 nitrogen and oxygen atoms in total. The van der Waals surface area contributed by atoms with E-state index < -0.39 is 0 Å². The zero-order valence-electron chi connectivity index (χ0n) is 8.17. The summed E-state index contributed by atoms with van der Waals surface area (Å²) in [5, 5.41) is 0. The molecule has 0 radical (unpaired) electrons. The highest BCUT2D eigenvalue weighted by Crippen LogP contribution is 2.30. The van der Waals surface area contributed by atoms with Gasteiger partial charge in [0.25, 0.3) is 0 Å². The van der Waals surface area contributed by atoms with Crippen LogP contribution in [0.15, 0.2) is 36.5 Å². The van der Waals surface area contributed by atoms with Crippen LogP contribution in [0.4, 0.5) is 0 Å². The number of rotatable bonds is 3. The van der Waals surface area contributed by atoms with Gasteiger partial charge in [0.2, 0.25) is 0 Å². The van der Waals surface area contributed by atoms with Gasteiger partial charge in [-0.3, -0.25) is 4.90 Å². The zero-order valence-corrected chi connectivity index (χ0v) is 8.17. The lowest BCUT2D eigenvalue weighted by Gasteiger charge is -2.00. The summed E-state index contributed by atoms with van der Waals surface area (Å²) >= 11 is 0. The fourth-order valence-electron chi connectivity index (χ4n) is 1.18. The number of hydrogen-bond acceptors (Lipinski definition) is 1. The van der Waals surface area contributed by atoms with Crippen LogP contribution in [0.2, 0.25) is 0 Å². The third-order valence-corrected chi connectivity index (χ3v) is 2.41. The van der Waals surface area contributed by atoms with Crippen LogP contribution in [0, 0.1) is 0 Å². The minimum absolute atomic E-state index is 0.316. The number of allylic oxidation sites excluding steroid dienone is 4. The second-order valence-corrected chi connectivity index (χ2v) is 3.69. The molecule has 0 N–H and O–H groups in total. The molecule has 0 aromatic heterocycles. The van der Waals surface area contributed by atoms with Gasteiger partial charge in [-0.15, -0.1) is 0 Å². The highest BCUT2D eigenvalue weighted by molar-refractivity contribution is 5.27. The first-order valence-electron chi connectivity index (χ1n) is 4.28. The maximum absolute atomic E-state index is 3.65. The summed E-state index contributed by atoms with van der Waals surface area (Å²) in [6.45, 7) is 9.15. The van der Waals surface area contributed by atoms with Crippen molar-refractivity contribution in [1.82, 2.24) is 4.90 Å². The van der Waals surface area contributed by atoms with E-state index in [0.717, 1.165) is 0 Å². The Morgan fingerprint density at radius 2 is 2.17 bits per heavy atom. The molecule has 1 heterocycles. The molecule has 1 fully saturated rings. The largest absolute Gasteiger partial charge is 0.294 e. The summed E-state index contributed by atoms with van der Waals surface area (Å²) in [6.07, 6.45) is 8.24. The Morgan fingerprint density at radius 1 is 1.58 bits per heavy atom. The van der Waals surface area contributed by atoms with Crippen LogP contribution in [0.3, 0.4) is 0 Å². The predicted octanol–water partition coefficient (Wildman–Crippen LogP) is 2.38. The Morgan fingerprint density at radius 3 is 2.58 bits per heavy atom. The lowest BCUT2D eigenvalue weighted by molar-refractivity contribution is 0.568. The van der Waals surface area contributed by atoms with Gasteiger partial charge in [0.1, 0.15) is 0 Å². The lowest BCUT2D eigenvalue weighted by atomic mass is 10.1. The van der Waals surface area contributed by atoms with Crippen molar-refractivity contribution in [2.75, 3.05) is 13.6 Å². The summed E-state index contributed by atoms with van der Waals surface area (Å²) in [6, 6.07) is 0. The van der Waals surface area contributed by atoms with Crippen molar-refractivity contribution in [3.05, 3.63) is 36.5 Å². The molecule has 1 saturated heterocycles. The first-order chi connectivity index (χ1) is 5.58. The van der Waals surface area contributed by atoms with Crippen molar-refractivity contribution < 1.29 is 0 Å². The summed E-state index contributed by atoms with van der Waals surface area (Å²) in [5.41, 5.74) is 1.57. The van der Waals surface area contributed by atoms with E-state index in [1.165, 1.54) is 12.1 Å². The Kier molecular flexibility index (Phi) is 2.53. The van der Waals surface area contributed by atoms with E-state index in [1.54, 1.807) is 0 Å². The van der Waals surface area contributed by atoms with Gasteiger partial charge < -0.3 is 0 Å². The topological polar surface area (TPSA) is 3.01 Å². The average molecular weight is 163 g/mol. The van der Waals surface area contributed by atoms with Gasteiger partial charge in [-0.1, -0.05) is 36.5 Å². The van der Waals surface area contributed by atoms with Gasteiger partial charge >= 0.3 is 0 Å². The molecule has 0 aromatic rings. The van der Waals surface area contributed by atoms with Crippen molar-refractivity contribution in [3.63, 3.8) is 0 Å². The van der Waals surface area contributed by atoms with Crippen molar-refractivity contribution in [3.8, 4) is 0 Å². The Labute approximate surface area is 75.1 Å². The monoisotopic (exact) mass is 163 g/mol. The fraction of sp³-hybridized carbons (Fsp3) is 0.455. The van der Waals surface area contributed by atoms with E-state index in [2.05, 4.69) is 44.5 Å². The molecule has 2 atom stereocenters. The van der Waals surface area contributed by atoms with E-state index in [9.17, 15) is 0 Å². The van der Waals surface area contributed by atoms with E-state index in [-0.39, 0.29) is 0 Å². The molecule has 0 bridgehead atoms. The number of nitrogens with zero attached hydrogens (tertiary/aromatic N) is 1. The van der Waals surface area contributed by atoms with Crippen LogP contribution >= 0.6 is 0 Å². The minimum atomic E-state index is 0.316. The molecule has 0 aromatic carbocycles. The van der Waals surface area contributed by atoms with Gasteiger partial charge in [0, 0.05) is 12.1 Å². The van der Waals surface area contributed by atoms with Crippen molar-refractivity contribution >= 4 is 0 Å². The molecule has 1 heteroatoms. The molecule has 66 valence electrons. The summed E-state index contributed by atoms with van der Waals surface area (Å²) in [7, 11) is 2.14. The average Bonchev–Trinajstić information content (AvgIpc) is 2.58. The van der Waals surface area contributed by atoms with Crippen LogP contribution in [-0.2, 0) is 0 Å². The van der Waals surface area contributed by atoms with Crippen LogP contribution in [-0.4, -0.2) is 24.0 Å². The first kappa shape index (κ1) is 9.27. The quantitative estimate of drug-likeness (QED) is 0.456. The molecule has 0 amide bonds. The van der Waals surface area contributed by atoms with E-state index in [4.69, 9.17) is 0 Å². The van der Waals surface area contributed by atoms with Crippen molar-refractivity contribution in [1.29, 1.82) is 0 Å². The van der Waals surface area contributed by atoms with Crippen LogP contribution in [0.5, 0.6) is 0 Å². The van der Waals surface area contributed by atoms with Gasteiger partial charge in [-0.2, -0.15) is 0 Å². The molecule has 0 saturated carbocycles. The predicted molar refractivity (Wildman–Crippen MR) is 54.1 cm³/mol. The second kappa shape index (κ2) is 3.28. The molecule has 1 rings (SSSR count). The Hall–Kier alpha value is -0.820. The molecule has 0 aliphatic carbocycles. The molecule has 1 aliphatic heterocycles.